The Bertz CT molecular complexity index is 1170. The van der Waals surface area contributed by atoms with Crippen LogP contribution in [0.15, 0.2) is 55.0 Å². The summed E-state index contributed by atoms with van der Waals surface area (Å²) in [7, 11) is 0. The van der Waals surface area contributed by atoms with E-state index in [-0.39, 0.29) is 23.4 Å². The van der Waals surface area contributed by atoms with Gasteiger partial charge in [-0.1, -0.05) is 0 Å². The van der Waals surface area contributed by atoms with E-state index in [4.69, 9.17) is 10.5 Å². The molecule has 3 heterocycles. The number of amides is 1. The fraction of sp³-hybridized carbons (Fsp3) is 0.0526. The van der Waals surface area contributed by atoms with Crippen LogP contribution in [0.2, 0.25) is 0 Å². The molecule has 9 heteroatoms. The maximum Gasteiger partial charge on any atom is 0.263 e. The van der Waals surface area contributed by atoms with Gasteiger partial charge in [-0.15, -0.1) is 0 Å². The number of halogens is 1. The number of carbonyl (C=O) groups is 1. The molecule has 0 fully saturated rings. The first-order valence-electron chi connectivity index (χ1n) is 8.30. The zero-order valence-electron chi connectivity index (χ0n) is 14.8. The summed E-state index contributed by atoms with van der Waals surface area (Å²) in [5.74, 6) is 0.513. The minimum absolute atomic E-state index is 0.115. The van der Waals surface area contributed by atoms with E-state index in [0.717, 1.165) is 5.56 Å². The second-order valence-corrected chi connectivity index (χ2v) is 5.99. The number of fused-ring (bicyclic) bond motifs is 1. The Morgan fingerprint density at radius 2 is 1.93 bits per heavy atom. The molecule has 140 valence electrons. The van der Waals surface area contributed by atoms with Gasteiger partial charge in [0.1, 0.15) is 17.2 Å². The number of aromatic nitrogens is 4. The summed E-state index contributed by atoms with van der Waals surface area (Å²) >= 11 is 0. The Hall–Kier alpha value is -4.01. The van der Waals surface area contributed by atoms with Crippen molar-refractivity contribution in [2.75, 3.05) is 11.1 Å². The Kier molecular flexibility index (Phi) is 4.32. The van der Waals surface area contributed by atoms with Crippen LogP contribution in [0.5, 0.6) is 11.6 Å². The molecule has 0 atom stereocenters. The van der Waals surface area contributed by atoms with Gasteiger partial charge in [-0.2, -0.15) is 0 Å². The molecule has 0 saturated heterocycles. The van der Waals surface area contributed by atoms with Crippen LogP contribution >= 0.6 is 0 Å². The van der Waals surface area contributed by atoms with Crippen molar-refractivity contribution in [2.24, 2.45) is 0 Å². The third-order valence-corrected chi connectivity index (χ3v) is 3.85. The Morgan fingerprint density at radius 3 is 2.68 bits per heavy atom. The second-order valence-electron chi connectivity index (χ2n) is 5.99. The first-order valence-corrected chi connectivity index (χ1v) is 8.30. The molecule has 0 aliphatic rings. The van der Waals surface area contributed by atoms with Crippen molar-refractivity contribution in [3.8, 4) is 22.9 Å². The van der Waals surface area contributed by atoms with E-state index in [9.17, 15) is 9.18 Å². The number of imidazole rings is 1. The maximum absolute atomic E-state index is 13.1. The fourth-order valence-corrected chi connectivity index (χ4v) is 2.59. The predicted molar refractivity (Wildman–Crippen MR) is 101 cm³/mol. The van der Waals surface area contributed by atoms with Gasteiger partial charge < -0.3 is 20.2 Å². The van der Waals surface area contributed by atoms with Crippen LogP contribution in [-0.2, 0) is 4.79 Å². The third-order valence-electron chi connectivity index (χ3n) is 3.85. The van der Waals surface area contributed by atoms with Gasteiger partial charge in [0.05, 0.1) is 18.1 Å². The number of carbonyl (C=O) groups excluding carboxylic acids is 1. The molecule has 0 aliphatic carbocycles. The molecule has 0 unspecified atom stereocenters. The van der Waals surface area contributed by atoms with E-state index < -0.39 is 0 Å². The highest BCUT2D eigenvalue weighted by molar-refractivity contribution is 5.87. The van der Waals surface area contributed by atoms with Crippen molar-refractivity contribution in [1.29, 1.82) is 0 Å². The summed E-state index contributed by atoms with van der Waals surface area (Å²) in [6.07, 6.45) is 5.02. The summed E-state index contributed by atoms with van der Waals surface area (Å²) in [5.41, 5.74) is 7.80. The first-order chi connectivity index (χ1) is 13.5. The normalized spacial score (nSPS) is 10.8. The van der Waals surface area contributed by atoms with Gasteiger partial charge in [0.2, 0.25) is 5.91 Å². The van der Waals surface area contributed by atoms with Crippen LogP contribution in [0.1, 0.15) is 6.92 Å². The zero-order valence-corrected chi connectivity index (χ0v) is 14.8. The van der Waals surface area contributed by atoms with Gasteiger partial charge in [-0.3, -0.25) is 4.79 Å². The highest BCUT2D eigenvalue weighted by Gasteiger charge is 2.11. The fourth-order valence-electron chi connectivity index (χ4n) is 2.59. The van der Waals surface area contributed by atoms with Gasteiger partial charge in [-0.25, -0.2) is 19.3 Å². The number of anilines is 2. The molecule has 0 spiro atoms. The molecule has 3 N–H and O–H groups in total. The Labute approximate surface area is 158 Å². The largest absolute Gasteiger partial charge is 0.436 e. The number of nitrogen functional groups attached to an aromatic ring is 1. The molecule has 8 nitrogen and oxygen atoms in total. The third kappa shape index (κ3) is 3.58. The van der Waals surface area contributed by atoms with Crippen LogP contribution in [-0.4, -0.2) is 25.3 Å². The summed E-state index contributed by atoms with van der Waals surface area (Å²) in [5, 5.41) is 2.64. The van der Waals surface area contributed by atoms with Crippen LogP contribution in [0.3, 0.4) is 0 Å². The molecule has 1 aromatic carbocycles. The van der Waals surface area contributed by atoms with Crippen molar-refractivity contribution < 1.29 is 13.9 Å². The standard InChI is InChI=1S/C19H15FN6O2/c1-11(27)23-16-10-26-9-12(2-7-17(26)25-16)15-8-22-18(21)19(24-15)28-14-5-3-13(20)4-6-14/h2-10H,1H3,(H2,21,22)(H,23,27). The van der Waals surface area contributed by atoms with Crippen LogP contribution in [0.25, 0.3) is 16.9 Å². The van der Waals surface area contributed by atoms with Crippen molar-refractivity contribution in [2.45, 2.75) is 6.92 Å². The number of pyridine rings is 1. The highest BCUT2D eigenvalue weighted by Crippen LogP contribution is 2.27. The first kappa shape index (κ1) is 17.4. The molecule has 3 aromatic heterocycles. The Balaban J connectivity index is 1.66. The molecule has 28 heavy (non-hydrogen) atoms. The minimum Gasteiger partial charge on any atom is -0.436 e. The molecule has 0 aliphatic heterocycles. The van der Waals surface area contributed by atoms with Crippen LogP contribution < -0.4 is 15.8 Å². The van der Waals surface area contributed by atoms with Crippen LogP contribution in [0, 0.1) is 5.82 Å². The number of hydrogen-bond donors (Lipinski definition) is 2. The van der Waals surface area contributed by atoms with Gasteiger partial charge >= 0.3 is 0 Å². The topological polar surface area (TPSA) is 107 Å². The van der Waals surface area contributed by atoms with Gasteiger partial charge in [0.25, 0.3) is 5.88 Å². The van der Waals surface area contributed by atoms with E-state index in [1.165, 1.54) is 37.4 Å². The minimum atomic E-state index is -0.368. The average molecular weight is 378 g/mol. The molecule has 4 aromatic rings. The van der Waals surface area contributed by atoms with E-state index in [1.54, 1.807) is 22.9 Å². The number of nitrogens with two attached hydrogens (primary N) is 1. The molecular weight excluding hydrogens is 363 g/mol. The summed E-state index contributed by atoms with van der Waals surface area (Å²) in [6.45, 7) is 1.42. The lowest BCUT2D eigenvalue weighted by molar-refractivity contribution is -0.114. The zero-order chi connectivity index (χ0) is 19.7. The number of hydrogen-bond acceptors (Lipinski definition) is 6. The highest BCUT2D eigenvalue weighted by atomic mass is 19.1. The molecule has 0 radical (unpaired) electrons. The quantitative estimate of drug-likeness (QED) is 0.564. The SMILES string of the molecule is CC(=O)Nc1cn2cc(-c3cnc(N)c(Oc4ccc(F)cc4)n3)ccc2n1. The van der Waals surface area contributed by atoms with Crippen molar-refractivity contribution in [1.82, 2.24) is 19.4 Å². The summed E-state index contributed by atoms with van der Waals surface area (Å²) in [6, 6.07) is 9.13. The van der Waals surface area contributed by atoms with E-state index in [0.29, 0.717) is 22.9 Å². The number of nitrogens with zero attached hydrogens (tertiary/aromatic N) is 4. The summed E-state index contributed by atoms with van der Waals surface area (Å²) < 4.78 is 20.4. The van der Waals surface area contributed by atoms with Gasteiger partial charge in [0, 0.05) is 18.7 Å². The predicted octanol–water partition coefficient (Wildman–Crippen LogP) is 3.26. The van der Waals surface area contributed by atoms with Gasteiger partial charge in [-0.05, 0) is 36.4 Å². The average Bonchev–Trinajstić information content (AvgIpc) is 3.06. The Morgan fingerprint density at radius 1 is 1.14 bits per heavy atom. The summed E-state index contributed by atoms with van der Waals surface area (Å²) in [4.78, 5) is 24.0. The number of nitrogens with one attached hydrogen (secondary N) is 1. The number of benzene rings is 1. The lowest BCUT2D eigenvalue weighted by atomic mass is 10.2. The second kappa shape index (κ2) is 6.95. The van der Waals surface area contributed by atoms with Crippen molar-refractivity contribution >= 4 is 23.2 Å². The van der Waals surface area contributed by atoms with E-state index in [2.05, 4.69) is 20.3 Å². The van der Waals surface area contributed by atoms with Crippen molar-refractivity contribution in [3.63, 3.8) is 0 Å². The molecule has 0 saturated carbocycles. The van der Waals surface area contributed by atoms with E-state index in [1.807, 2.05) is 6.07 Å². The van der Waals surface area contributed by atoms with Crippen molar-refractivity contribution in [3.05, 3.63) is 60.8 Å². The molecule has 1 amide bonds. The lowest BCUT2D eigenvalue weighted by Crippen LogP contribution is -2.05. The maximum atomic E-state index is 13.1. The number of ether oxygens (including phenoxy) is 1. The lowest BCUT2D eigenvalue weighted by Gasteiger charge is -2.09. The molecule has 0 bridgehead atoms. The van der Waals surface area contributed by atoms with Gasteiger partial charge in [0.15, 0.2) is 11.6 Å². The molecular formula is C19H15FN6O2. The molecule has 4 rings (SSSR count). The number of rotatable bonds is 4. The smallest absolute Gasteiger partial charge is 0.263 e. The van der Waals surface area contributed by atoms with E-state index >= 15 is 0 Å². The van der Waals surface area contributed by atoms with Crippen LogP contribution in [0.4, 0.5) is 16.0 Å². The monoisotopic (exact) mass is 378 g/mol.